The third-order valence-corrected chi connectivity index (χ3v) is 4.12. The summed E-state index contributed by atoms with van der Waals surface area (Å²) < 4.78 is 13.8. The third-order valence-electron chi connectivity index (χ3n) is 3.77. The van der Waals surface area contributed by atoms with Gasteiger partial charge in [-0.05, 0) is 17.7 Å². The number of hydrogen-bond donors (Lipinski definition) is 1. The Labute approximate surface area is 137 Å². The molecule has 23 heavy (non-hydrogen) atoms. The van der Waals surface area contributed by atoms with Crippen molar-refractivity contribution in [3.63, 3.8) is 0 Å². The molecule has 3 amide bonds. The van der Waals surface area contributed by atoms with Gasteiger partial charge in [-0.2, -0.15) is 0 Å². The maximum absolute atomic E-state index is 13.8. The highest BCUT2D eigenvalue weighted by Gasteiger charge is 2.38. The van der Waals surface area contributed by atoms with Crippen LogP contribution in [0.3, 0.4) is 0 Å². The Hall–Kier alpha value is -2.40. The number of carbonyl (C=O) groups excluding carboxylic acids is 2. The van der Waals surface area contributed by atoms with Crippen molar-refractivity contribution in [1.82, 2.24) is 10.2 Å². The smallest absolute Gasteiger partial charge is 0.325 e. The van der Waals surface area contributed by atoms with Gasteiger partial charge in [0.2, 0.25) is 0 Å². The summed E-state index contributed by atoms with van der Waals surface area (Å²) >= 11 is 5.96. The van der Waals surface area contributed by atoms with Crippen molar-refractivity contribution < 1.29 is 14.0 Å². The van der Waals surface area contributed by atoms with Crippen molar-refractivity contribution in [3.8, 4) is 0 Å². The van der Waals surface area contributed by atoms with Gasteiger partial charge in [0.15, 0.2) is 0 Å². The van der Waals surface area contributed by atoms with E-state index in [0.717, 1.165) is 10.5 Å². The van der Waals surface area contributed by atoms with Crippen molar-refractivity contribution in [1.29, 1.82) is 0 Å². The monoisotopic (exact) mass is 332 g/mol. The van der Waals surface area contributed by atoms with Crippen LogP contribution < -0.4 is 5.32 Å². The highest BCUT2D eigenvalue weighted by Crippen LogP contribution is 2.23. The van der Waals surface area contributed by atoms with Crippen LogP contribution in [0, 0.1) is 5.82 Å². The molecule has 3 rings (SSSR count). The lowest BCUT2D eigenvalue weighted by Crippen LogP contribution is -2.32. The van der Waals surface area contributed by atoms with Crippen molar-refractivity contribution in [2.75, 3.05) is 0 Å². The molecule has 1 atom stereocenters. The van der Waals surface area contributed by atoms with E-state index in [4.69, 9.17) is 11.6 Å². The Morgan fingerprint density at radius 2 is 1.83 bits per heavy atom. The number of nitrogens with zero attached hydrogens (tertiary/aromatic N) is 1. The topological polar surface area (TPSA) is 49.4 Å². The molecule has 0 spiro atoms. The quantitative estimate of drug-likeness (QED) is 0.874. The number of hydrogen-bond acceptors (Lipinski definition) is 2. The SMILES string of the molecule is O=C1N[C@H](Cc2ccccc2)C(=O)N1Cc1c(F)cccc1Cl. The first-order valence-electron chi connectivity index (χ1n) is 7.15. The second-order valence-corrected chi connectivity index (χ2v) is 5.72. The maximum Gasteiger partial charge on any atom is 0.325 e. The Morgan fingerprint density at radius 1 is 1.09 bits per heavy atom. The van der Waals surface area contributed by atoms with Gasteiger partial charge in [0.1, 0.15) is 11.9 Å². The number of halogens is 2. The molecule has 4 nitrogen and oxygen atoms in total. The molecule has 1 fully saturated rings. The van der Waals surface area contributed by atoms with Gasteiger partial charge >= 0.3 is 6.03 Å². The summed E-state index contributed by atoms with van der Waals surface area (Å²) in [7, 11) is 0. The van der Waals surface area contributed by atoms with E-state index in [1.54, 1.807) is 0 Å². The summed E-state index contributed by atoms with van der Waals surface area (Å²) in [5.41, 5.74) is 1.08. The van der Waals surface area contributed by atoms with Gasteiger partial charge in [-0.25, -0.2) is 9.18 Å². The van der Waals surface area contributed by atoms with E-state index in [1.807, 2.05) is 30.3 Å². The van der Waals surface area contributed by atoms with Gasteiger partial charge in [0.05, 0.1) is 6.54 Å². The van der Waals surface area contributed by atoms with Crippen LogP contribution in [0.15, 0.2) is 48.5 Å². The van der Waals surface area contributed by atoms with Crippen molar-refractivity contribution >= 4 is 23.5 Å². The fourth-order valence-corrected chi connectivity index (χ4v) is 2.78. The van der Waals surface area contributed by atoms with Crippen molar-refractivity contribution in [3.05, 3.63) is 70.5 Å². The highest BCUT2D eigenvalue weighted by molar-refractivity contribution is 6.31. The summed E-state index contributed by atoms with van der Waals surface area (Å²) in [6.07, 6.45) is 0.396. The number of imide groups is 1. The highest BCUT2D eigenvalue weighted by atomic mass is 35.5. The van der Waals surface area contributed by atoms with Crippen LogP contribution in [0.1, 0.15) is 11.1 Å². The molecule has 0 unspecified atom stereocenters. The Balaban J connectivity index is 1.77. The third kappa shape index (κ3) is 3.19. The largest absolute Gasteiger partial charge is 0.325 e. The standard InChI is InChI=1S/C17H14ClFN2O2/c18-13-7-4-8-14(19)12(13)10-21-16(22)15(20-17(21)23)9-11-5-2-1-3-6-11/h1-8,15H,9-10H2,(H,20,23)/t15-/m1/s1. The number of nitrogens with one attached hydrogen (secondary N) is 1. The zero-order valence-electron chi connectivity index (χ0n) is 12.1. The number of carbonyl (C=O) groups is 2. The zero-order chi connectivity index (χ0) is 16.4. The van der Waals surface area contributed by atoms with E-state index in [-0.39, 0.29) is 23.0 Å². The second-order valence-electron chi connectivity index (χ2n) is 5.32. The summed E-state index contributed by atoms with van der Waals surface area (Å²) in [5, 5.41) is 2.83. The lowest BCUT2D eigenvalue weighted by Gasteiger charge is -2.14. The number of urea groups is 1. The zero-order valence-corrected chi connectivity index (χ0v) is 12.9. The van der Waals surface area contributed by atoms with E-state index in [0.29, 0.717) is 6.42 Å². The van der Waals surface area contributed by atoms with Crippen molar-refractivity contribution in [2.45, 2.75) is 19.0 Å². The maximum atomic E-state index is 13.8. The van der Waals surface area contributed by atoms with Crippen LogP contribution in [0.5, 0.6) is 0 Å². The number of rotatable bonds is 4. The fourth-order valence-electron chi connectivity index (χ4n) is 2.56. The average Bonchev–Trinajstić information content (AvgIpc) is 2.79. The van der Waals surface area contributed by atoms with E-state index in [9.17, 15) is 14.0 Å². The van der Waals surface area contributed by atoms with Gasteiger partial charge < -0.3 is 5.32 Å². The number of amides is 3. The predicted molar refractivity (Wildman–Crippen MR) is 84.4 cm³/mol. The van der Waals surface area contributed by atoms with E-state index in [2.05, 4.69) is 5.32 Å². The first-order valence-corrected chi connectivity index (χ1v) is 7.53. The minimum Gasteiger partial charge on any atom is -0.325 e. The molecule has 6 heteroatoms. The van der Waals surface area contributed by atoms with E-state index >= 15 is 0 Å². The molecule has 2 aromatic rings. The van der Waals surface area contributed by atoms with Gasteiger partial charge in [0.25, 0.3) is 5.91 Å². The molecule has 1 aliphatic heterocycles. The minimum absolute atomic E-state index is 0.137. The van der Waals surface area contributed by atoms with Crippen LogP contribution in [0.4, 0.5) is 9.18 Å². The van der Waals surface area contributed by atoms with Crippen LogP contribution >= 0.6 is 11.6 Å². The minimum atomic E-state index is -0.643. The fraction of sp³-hybridized carbons (Fsp3) is 0.176. The molecule has 0 aliphatic carbocycles. The molecule has 2 aromatic carbocycles. The summed E-state index contributed by atoms with van der Waals surface area (Å²) in [6, 6.07) is 12.5. The van der Waals surface area contributed by atoms with E-state index in [1.165, 1.54) is 18.2 Å². The summed E-state index contributed by atoms with van der Waals surface area (Å²) in [5.74, 6) is -0.914. The molecule has 0 aromatic heterocycles. The van der Waals surface area contributed by atoms with Crippen molar-refractivity contribution in [2.24, 2.45) is 0 Å². The van der Waals surface area contributed by atoms with Gasteiger partial charge in [0, 0.05) is 17.0 Å². The van der Waals surface area contributed by atoms with Gasteiger partial charge in [-0.1, -0.05) is 48.0 Å². The molecule has 0 saturated carbocycles. The first kappa shape index (κ1) is 15.5. The van der Waals surface area contributed by atoms with Crippen LogP contribution in [0.2, 0.25) is 5.02 Å². The summed E-state index contributed by atoms with van der Waals surface area (Å²) in [4.78, 5) is 25.5. The molecule has 0 bridgehead atoms. The van der Waals surface area contributed by atoms with Gasteiger partial charge in [-0.3, -0.25) is 9.69 Å². The normalized spacial score (nSPS) is 17.5. The lowest BCUT2D eigenvalue weighted by atomic mass is 10.1. The molecule has 0 radical (unpaired) electrons. The van der Waals surface area contributed by atoms with Crippen LogP contribution in [-0.2, 0) is 17.8 Å². The Kier molecular flexibility index (Phi) is 4.30. The molecule has 1 saturated heterocycles. The van der Waals surface area contributed by atoms with Crippen LogP contribution in [-0.4, -0.2) is 22.9 Å². The van der Waals surface area contributed by atoms with Crippen LogP contribution in [0.25, 0.3) is 0 Å². The van der Waals surface area contributed by atoms with Gasteiger partial charge in [-0.15, -0.1) is 0 Å². The number of benzene rings is 2. The average molecular weight is 333 g/mol. The second kappa shape index (κ2) is 6.38. The lowest BCUT2D eigenvalue weighted by molar-refractivity contribution is -0.127. The van der Waals surface area contributed by atoms with E-state index < -0.39 is 17.9 Å². The molecule has 1 N–H and O–H groups in total. The predicted octanol–water partition coefficient (Wildman–Crippen LogP) is 3.14. The molecule has 1 heterocycles. The molecule has 1 aliphatic rings. The Morgan fingerprint density at radius 3 is 2.52 bits per heavy atom. The summed E-state index contributed by atoms with van der Waals surface area (Å²) in [6.45, 7) is -0.179. The molecular formula is C17H14ClFN2O2. The first-order chi connectivity index (χ1) is 11.1. The molecule has 118 valence electrons. The Bertz CT molecular complexity index is 731. The molecular weight excluding hydrogens is 319 g/mol.